The first-order valence-electron chi connectivity index (χ1n) is 26.0. The molecule has 0 aliphatic carbocycles. The average molecular weight is 1180 g/mol. The van der Waals surface area contributed by atoms with Crippen LogP contribution in [0.2, 0.25) is 0 Å². The van der Waals surface area contributed by atoms with Crippen LogP contribution in [0.3, 0.4) is 0 Å². The molecule has 26 heteroatoms. The van der Waals surface area contributed by atoms with E-state index in [0.29, 0.717) is 182 Å². The Morgan fingerprint density at radius 2 is 1.09 bits per heavy atom. The van der Waals surface area contributed by atoms with Gasteiger partial charge in [0.05, 0.1) is 158 Å². The number of nitrogens with one attached hydrogen (secondary N) is 3. The third-order valence-electron chi connectivity index (χ3n) is 10.1. The van der Waals surface area contributed by atoms with E-state index >= 15 is 0 Å². The number of ether oxygens (including phenoxy) is 13. The number of nitrogens with two attached hydrogens (primary N) is 1. The number of primary amides is 1. The number of hydrogen-bond donors (Lipinski definition) is 4. The van der Waals surface area contributed by atoms with Gasteiger partial charge in [-0.05, 0) is 0 Å². The third kappa shape index (κ3) is 43.0. The normalized spacial score (nSPS) is 12.7. The molecule has 0 aromatic carbocycles. The Morgan fingerprint density at radius 1 is 0.662 bits per heavy atom. The molecule has 0 unspecified atom stereocenters. The molecule has 1 rings (SSSR count). The summed E-state index contributed by atoms with van der Waals surface area (Å²) in [7, 11) is 1.50. The van der Waals surface area contributed by atoms with Gasteiger partial charge < -0.3 is 56.8 Å². The Hall–Kier alpha value is -3.10. The zero-order valence-electron chi connectivity index (χ0n) is 45.5. The first-order chi connectivity index (χ1) is 36.5. The molecule has 1 heterocycles. The van der Waals surface area contributed by atoms with E-state index in [1.165, 1.54) is 7.11 Å². The van der Waals surface area contributed by atoms with Crippen LogP contribution >= 0.6 is 21.3 Å². The molecular weight excluding hydrogens is 1090 g/mol. The molecule has 0 spiro atoms. The number of halogens is 1. The van der Waals surface area contributed by atoms with Crippen LogP contribution in [0.4, 0.5) is 4.79 Å². The summed E-state index contributed by atoms with van der Waals surface area (Å²) < 4.78 is 84.1. The number of hydrogen-bond acceptors (Lipinski definition) is 20. The zero-order valence-corrected chi connectivity index (χ0v) is 46.7. The summed E-state index contributed by atoms with van der Waals surface area (Å²) >= 11 is -2.37. The van der Waals surface area contributed by atoms with Gasteiger partial charge in [0, 0.05) is 26.1 Å². The average Bonchev–Trinajstić information content (AvgIpc) is 3.85. The van der Waals surface area contributed by atoms with Crippen molar-refractivity contribution in [3.05, 3.63) is 11.9 Å². The molecule has 0 saturated heterocycles. The number of carbonyl (C=O) groups is 5. The fraction of sp³-hybridized carbons (Fsp3) is 0.854. The fourth-order valence-corrected chi connectivity index (χ4v) is 7.43. The molecule has 0 aliphatic rings. The van der Waals surface area contributed by atoms with E-state index < -0.39 is 39.3 Å². The van der Waals surface area contributed by atoms with Crippen LogP contribution < -0.4 is 19.9 Å². The van der Waals surface area contributed by atoms with Crippen molar-refractivity contribution < 1.29 is 85.6 Å². The van der Waals surface area contributed by atoms with Gasteiger partial charge in [-0.1, -0.05) is 5.21 Å². The summed E-state index contributed by atoms with van der Waals surface area (Å²) in [4.78, 5) is 61.4. The Kier molecular flexibility index (Phi) is 45.9. The summed E-state index contributed by atoms with van der Waals surface area (Å²) in [6.45, 7) is 16.6. The Labute approximate surface area is 448 Å². The summed E-state index contributed by atoms with van der Waals surface area (Å²) in [5.41, 5.74) is 5.88. The molecule has 1 aromatic heterocycles. The standard InChI is InChI=1S/C48H90IN7O18/c1-5-49-53-47(60)41(7-6-11-51-48(50)61)37-44(58)46(40(2)3)52-45(59)10-13-63-15-17-65-19-21-67-23-25-69-27-29-71-31-33-73-35-36-74-34-32-72-30-28-70-26-24-68-22-20-66-18-16-64-14-12-56-38-42(54-55-56)8-9-43(57)39-62-4/h38,40-41,46,49H,5-37,39H2,1-4H3,(H,52,59)(H,53,60)(H3,50,51,61)/t41-,46+/m1/s1/i49D. The first kappa shape index (κ1) is 67.0. The van der Waals surface area contributed by atoms with E-state index in [9.17, 15) is 24.0 Å². The predicted octanol–water partition coefficient (Wildman–Crippen LogP) is 0.934. The number of nitrogens with zero attached hydrogens (tertiary/aromatic N) is 3. The van der Waals surface area contributed by atoms with Crippen LogP contribution in [0.15, 0.2) is 6.20 Å². The molecule has 0 saturated carbocycles. The van der Waals surface area contributed by atoms with Crippen molar-refractivity contribution in [1.82, 2.24) is 29.2 Å². The van der Waals surface area contributed by atoms with Crippen LogP contribution in [0, 0.1) is 11.8 Å². The number of Topliss-reactive ketones (excluding diaryl/α,β-unsaturated/α-hetero) is 2. The number of alkyl halides is 1. The quantitative estimate of drug-likeness (QED) is 0.0305. The molecule has 25 nitrogen and oxygen atoms in total. The molecule has 432 valence electrons. The van der Waals surface area contributed by atoms with Gasteiger partial charge in [-0.25, -0.2) is 4.68 Å². The van der Waals surface area contributed by atoms with Gasteiger partial charge in [0.25, 0.3) is 0 Å². The molecule has 1 aromatic rings. The van der Waals surface area contributed by atoms with Crippen molar-refractivity contribution in [2.75, 3.05) is 183 Å². The van der Waals surface area contributed by atoms with Gasteiger partial charge in [0.15, 0.2) is 5.78 Å². The van der Waals surface area contributed by atoms with Crippen molar-refractivity contribution in [3.63, 3.8) is 0 Å². The SMILES string of the molecule is [2H]I(CC)NC(=O)[C@H](CCCNC(N)=O)CC(=O)[C@@H](NC(=O)CCOCCOCCOCCOCCOCCOCCOCCOCCOCCOCCOCCOCCn1cc(CCC(=O)COC)nn1)C(C)C. The number of ketones is 2. The number of aromatic nitrogens is 3. The monoisotopic (exact) mass is 1180 g/mol. The molecule has 0 bridgehead atoms. The topological polar surface area (TPSA) is 298 Å². The third-order valence-corrected chi connectivity index (χ3v) is 11.7. The molecule has 0 aliphatic heterocycles. The van der Waals surface area contributed by atoms with Crippen molar-refractivity contribution in [1.29, 1.82) is 0.594 Å². The maximum absolute atomic E-state index is 13.3. The maximum atomic E-state index is 13.3. The fourth-order valence-electron chi connectivity index (χ4n) is 6.24. The van der Waals surface area contributed by atoms with Crippen LogP contribution in [0.1, 0.15) is 58.6 Å². The van der Waals surface area contributed by atoms with Gasteiger partial charge in [-0.2, -0.15) is 0 Å². The second-order valence-corrected chi connectivity index (χ2v) is 19.3. The minimum atomic E-state index is -2.37. The van der Waals surface area contributed by atoms with E-state index in [1.54, 1.807) is 4.68 Å². The van der Waals surface area contributed by atoms with E-state index in [4.69, 9.17) is 67.9 Å². The number of rotatable bonds is 56. The van der Waals surface area contributed by atoms with E-state index in [-0.39, 0.29) is 68.5 Å². The summed E-state index contributed by atoms with van der Waals surface area (Å²) in [5.74, 6) is -1.81. The molecule has 74 heavy (non-hydrogen) atoms. The molecular formula is C48H90IN7O18. The van der Waals surface area contributed by atoms with Crippen LogP contribution in [0.25, 0.3) is 0 Å². The molecule has 0 fully saturated rings. The van der Waals surface area contributed by atoms with Crippen molar-refractivity contribution in [2.45, 2.75) is 71.9 Å². The van der Waals surface area contributed by atoms with Crippen LogP contribution in [-0.4, -0.2) is 234 Å². The number of aryl methyl sites for hydroxylation is 1. The molecule has 0 radical (unpaired) electrons. The number of methoxy groups -OCH3 is 1. The van der Waals surface area contributed by atoms with E-state index in [1.807, 2.05) is 27.0 Å². The predicted molar refractivity (Wildman–Crippen MR) is 280 cm³/mol. The van der Waals surface area contributed by atoms with E-state index in [0.717, 1.165) is 5.69 Å². The van der Waals surface area contributed by atoms with Crippen LogP contribution in [0.5, 0.6) is 0 Å². The van der Waals surface area contributed by atoms with Gasteiger partial charge >= 0.3 is 178 Å². The number of carbonyl (C=O) groups excluding carboxylic acids is 5. The molecule has 5 N–H and O–H groups in total. The summed E-state index contributed by atoms with van der Waals surface area (Å²) in [6.07, 6.45) is 3.46. The Morgan fingerprint density at radius 3 is 1.50 bits per heavy atom. The summed E-state index contributed by atoms with van der Waals surface area (Å²) in [5, 5.41) is 13.4. The molecule has 2 atom stereocenters. The first-order valence-corrected chi connectivity index (χ1v) is 28.2. The second-order valence-electron chi connectivity index (χ2n) is 16.5. The minimum absolute atomic E-state index is 0.0365. The van der Waals surface area contributed by atoms with Gasteiger partial charge in [-0.15, -0.1) is 5.10 Å². The Balaban J connectivity index is 1.83. The number of amides is 4. The van der Waals surface area contributed by atoms with Crippen molar-refractivity contribution in [2.24, 2.45) is 17.6 Å². The zero-order chi connectivity index (χ0) is 54.8. The van der Waals surface area contributed by atoms with Crippen molar-refractivity contribution >= 4 is 50.7 Å². The van der Waals surface area contributed by atoms with Crippen LogP contribution in [-0.2, 0) is 93.7 Å². The van der Waals surface area contributed by atoms with E-state index in [2.05, 4.69) is 24.5 Å². The van der Waals surface area contributed by atoms with Gasteiger partial charge in [-0.3, -0.25) is 4.79 Å². The van der Waals surface area contributed by atoms with Gasteiger partial charge in [0.1, 0.15) is 6.61 Å². The Bertz CT molecular complexity index is 1580. The second kappa shape index (κ2) is 50.7. The molecule has 4 amide bonds. The van der Waals surface area contributed by atoms with Crippen molar-refractivity contribution in [3.8, 4) is 0 Å². The summed E-state index contributed by atoms with van der Waals surface area (Å²) in [6, 6.07) is -1.45. The number of urea groups is 1. The van der Waals surface area contributed by atoms with Gasteiger partial charge in [0.2, 0.25) is 0 Å².